The number of likely N-dealkylation sites (N-methyl/N-ethyl adjacent to an activating group) is 2. The van der Waals surface area contributed by atoms with Gasteiger partial charge in [-0.05, 0) is 58.6 Å². The summed E-state index contributed by atoms with van der Waals surface area (Å²) < 4.78 is 0. The molecule has 1 saturated heterocycles. The molecule has 1 N–H and O–H groups in total. The maximum absolute atomic E-state index is 3.50. The summed E-state index contributed by atoms with van der Waals surface area (Å²) in [5.41, 5.74) is 2.82. The van der Waals surface area contributed by atoms with Crippen LogP contribution in [0.4, 0.5) is 0 Å². The van der Waals surface area contributed by atoms with Crippen molar-refractivity contribution in [1.29, 1.82) is 0 Å². The van der Waals surface area contributed by atoms with Gasteiger partial charge in [-0.2, -0.15) is 0 Å². The molecule has 112 valence electrons. The molecule has 20 heavy (non-hydrogen) atoms. The third-order valence-electron chi connectivity index (χ3n) is 4.40. The third-order valence-corrected chi connectivity index (χ3v) is 4.40. The van der Waals surface area contributed by atoms with Crippen LogP contribution in [0.25, 0.3) is 0 Å². The Bertz CT molecular complexity index is 416. The molecular formula is C17H29N3. The van der Waals surface area contributed by atoms with Crippen LogP contribution in [0.3, 0.4) is 0 Å². The second-order valence-electron chi connectivity index (χ2n) is 6.25. The molecule has 0 aliphatic carbocycles. The van der Waals surface area contributed by atoms with Gasteiger partial charge in [0.1, 0.15) is 0 Å². The lowest BCUT2D eigenvalue weighted by Gasteiger charge is -2.31. The number of hydrogen-bond acceptors (Lipinski definition) is 3. The van der Waals surface area contributed by atoms with E-state index in [-0.39, 0.29) is 0 Å². The highest BCUT2D eigenvalue weighted by Crippen LogP contribution is 2.24. The fourth-order valence-electron chi connectivity index (χ4n) is 3.32. The van der Waals surface area contributed by atoms with Crippen molar-refractivity contribution in [3.8, 4) is 0 Å². The summed E-state index contributed by atoms with van der Waals surface area (Å²) >= 11 is 0. The van der Waals surface area contributed by atoms with Gasteiger partial charge in [-0.1, -0.05) is 24.3 Å². The molecule has 2 atom stereocenters. The van der Waals surface area contributed by atoms with E-state index in [1.165, 1.54) is 37.1 Å². The molecule has 3 heteroatoms. The van der Waals surface area contributed by atoms with Gasteiger partial charge in [0.05, 0.1) is 0 Å². The molecule has 0 radical (unpaired) electrons. The number of aryl methyl sites for hydroxylation is 1. The van der Waals surface area contributed by atoms with Crippen LogP contribution in [-0.4, -0.2) is 56.6 Å². The molecule has 2 unspecified atom stereocenters. The van der Waals surface area contributed by atoms with Crippen molar-refractivity contribution in [3.05, 3.63) is 35.4 Å². The molecule has 2 rings (SSSR count). The minimum absolute atomic E-state index is 0.430. The monoisotopic (exact) mass is 275 g/mol. The summed E-state index contributed by atoms with van der Waals surface area (Å²) in [6.07, 6.45) is 2.67. The van der Waals surface area contributed by atoms with Crippen molar-refractivity contribution < 1.29 is 0 Å². The Balaban J connectivity index is 2.04. The zero-order valence-electron chi connectivity index (χ0n) is 13.4. The highest BCUT2D eigenvalue weighted by molar-refractivity contribution is 5.29. The fraction of sp³-hybridized carbons (Fsp3) is 0.647. The SMILES string of the molecule is CNC(CN1CCCC1CN(C)C)c1ccccc1C. The molecule has 0 saturated carbocycles. The quantitative estimate of drug-likeness (QED) is 0.859. The molecule has 3 nitrogen and oxygen atoms in total. The molecule has 0 bridgehead atoms. The summed E-state index contributed by atoms with van der Waals surface area (Å²) in [6, 6.07) is 9.88. The van der Waals surface area contributed by atoms with Crippen molar-refractivity contribution in [2.45, 2.75) is 31.8 Å². The summed E-state index contributed by atoms with van der Waals surface area (Å²) in [5.74, 6) is 0. The smallest absolute Gasteiger partial charge is 0.0449 e. The molecule has 1 aromatic rings. The summed E-state index contributed by atoms with van der Waals surface area (Å²) in [4.78, 5) is 4.97. The van der Waals surface area contributed by atoms with Crippen LogP contribution in [0.1, 0.15) is 30.0 Å². The Kier molecular flexibility index (Phi) is 5.58. The Morgan fingerprint density at radius 2 is 2.10 bits per heavy atom. The lowest BCUT2D eigenvalue weighted by Crippen LogP contribution is -2.41. The Morgan fingerprint density at radius 1 is 1.35 bits per heavy atom. The molecular weight excluding hydrogens is 246 g/mol. The standard InChI is InChI=1S/C17H29N3/c1-14-8-5-6-10-16(14)17(18-2)13-20-11-7-9-15(20)12-19(3)4/h5-6,8,10,15,17-18H,7,9,11-13H2,1-4H3. The molecule has 1 aliphatic heterocycles. The van der Waals surface area contributed by atoms with E-state index in [9.17, 15) is 0 Å². The first-order valence-electron chi connectivity index (χ1n) is 7.73. The predicted octanol–water partition coefficient (Wildman–Crippen LogP) is 2.28. The highest BCUT2D eigenvalue weighted by atomic mass is 15.2. The van der Waals surface area contributed by atoms with Gasteiger partial charge in [-0.25, -0.2) is 0 Å². The molecule has 1 fully saturated rings. The van der Waals surface area contributed by atoms with Crippen LogP contribution in [0.15, 0.2) is 24.3 Å². The van der Waals surface area contributed by atoms with Crippen molar-refractivity contribution in [2.75, 3.05) is 40.8 Å². The first-order chi connectivity index (χ1) is 9.61. The van der Waals surface area contributed by atoms with E-state index in [0.717, 1.165) is 6.54 Å². The van der Waals surface area contributed by atoms with E-state index in [0.29, 0.717) is 12.1 Å². The molecule has 0 amide bonds. The van der Waals surface area contributed by atoms with E-state index >= 15 is 0 Å². The molecule has 0 aromatic heterocycles. The second-order valence-corrected chi connectivity index (χ2v) is 6.25. The van der Waals surface area contributed by atoms with Crippen LogP contribution in [-0.2, 0) is 0 Å². The van der Waals surface area contributed by atoms with Crippen LogP contribution >= 0.6 is 0 Å². The number of hydrogen-bond donors (Lipinski definition) is 1. The Labute approximate surface area is 124 Å². The minimum Gasteiger partial charge on any atom is -0.312 e. The predicted molar refractivity (Wildman–Crippen MR) is 86.1 cm³/mol. The zero-order chi connectivity index (χ0) is 14.5. The molecule has 1 aromatic carbocycles. The van der Waals surface area contributed by atoms with Gasteiger partial charge in [-0.15, -0.1) is 0 Å². The molecule has 0 spiro atoms. The van der Waals surface area contributed by atoms with Crippen molar-refractivity contribution in [1.82, 2.24) is 15.1 Å². The molecule has 1 aliphatic rings. The van der Waals surface area contributed by atoms with Gasteiger partial charge in [0.25, 0.3) is 0 Å². The number of nitrogens with one attached hydrogen (secondary N) is 1. The van der Waals surface area contributed by atoms with Crippen LogP contribution < -0.4 is 5.32 Å². The van der Waals surface area contributed by atoms with Crippen LogP contribution in [0.2, 0.25) is 0 Å². The van der Waals surface area contributed by atoms with Crippen molar-refractivity contribution >= 4 is 0 Å². The van der Waals surface area contributed by atoms with E-state index < -0.39 is 0 Å². The number of rotatable bonds is 6. The van der Waals surface area contributed by atoms with Gasteiger partial charge in [0.2, 0.25) is 0 Å². The van der Waals surface area contributed by atoms with Crippen LogP contribution in [0, 0.1) is 6.92 Å². The second kappa shape index (κ2) is 7.21. The highest BCUT2D eigenvalue weighted by Gasteiger charge is 2.27. The molecule has 1 heterocycles. The number of benzene rings is 1. The van der Waals surface area contributed by atoms with E-state index in [1.54, 1.807) is 0 Å². The van der Waals surface area contributed by atoms with Crippen LogP contribution in [0.5, 0.6) is 0 Å². The van der Waals surface area contributed by atoms with Gasteiger partial charge < -0.3 is 10.2 Å². The first-order valence-corrected chi connectivity index (χ1v) is 7.73. The van der Waals surface area contributed by atoms with E-state index in [2.05, 4.69) is 67.4 Å². The average molecular weight is 275 g/mol. The maximum atomic E-state index is 3.50. The summed E-state index contributed by atoms with van der Waals surface area (Å²) in [6.45, 7) is 5.73. The summed E-state index contributed by atoms with van der Waals surface area (Å²) in [7, 11) is 6.43. The van der Waals surface area contributed by atoms with Crippen molar-refractivity contribution in [2.24, 2.45) is 0 Å². The fourth-order valence-corrected chi connectivity index (χ4v) is 3.32. The van der Waals surface area contributed by atoms with Gasteiger partial charge in [0, 0.05) is 25.2 Å². The Morgan fingerprint density at radius 3 is 2.75 bits per heavy atom. The number of likely N-dealkylation sites (tertiary alicyclic amines) is 1. The van der Waals surface area contributed by atoms with E-state index in [1.807, 2.05) is 0 Å². The van der Waals surface area contributed by atoms with Crippen molar-refractivity contribution in [3.63, 3.8) is 0 Å². The Hall–Kier alpha value is -0.900. The summed E-state index contributed by atoms with van der Waals surface area (Å²) in [5, 5.41) is 3.50. The maximum Gasteiger partial charge on any atom is 0.0449 e. The van der Waals surface area contributed by atoms with Gasteiger partial charge >= 0.3 is 0 Å². The van der Waals surface area contributed by atoms with Gasteiger partial charge in [0.15, 0.2) is 0 Å². The lowest BCUT2D eigenvalue weighted by atomic mass is 10.0. The normalized spacial score (nSPS) is 21.6. The number of nitrogens with zero attached hydrogens (tertiary/aromatic N) is 2. The topological polar surface area (TPSA) is 18.5 Å². The minimum atomic E-state index is 0.430. The lowest BCUT2D eigenvalue weighted by molar-refractivity contribution is 0.191. The average Bonchev–Trinajstić information content (AvgIpc) is 2.83. The zero-order valence-corrected chi connectivity index (χ0v) is 13.4. The van der Waals surface area contributed by atoms with Gasteiger partial charge in [-0.3, -0.25) is 4.90 Å². The largest absolute Gasteiger partial charge is 0.312 e. The third kappa shape index (κ3) is 3.81. The first kappa shape index (κ1) is 15.5. The van der Waals surface area contributed by atoms with E-state index in [4.69, 9.17) is 0 Å².